The molecule has 1 aromatic carbocycles. The van der Waals surface area contributed by atoms with E-state index in [1.54, 1.807) is 6.92 Å². The zero-order valence-corrected chi connectivity index (χ0v) is 13.1. The highest BCUT2D eigenvalue weighted by atomic mass is 32.2. The van der Waals surface area contributed by atoms with Crippen LogP contribution in [0.1, 0.15) is 48.4 Å². The summed E-state index contributed by atoms with van der Waals surface area (Å²) in [6, 6.07) is 2.99. The molecule has 1 aliphatic heterocycles. The van der Waals surface area contributed by atoms with E-state index >= 15 is 0 Å². The van der Waals surface area contributed by atoms with E-state index in [0.29, 0.717) is 0 Å². The number of sulfonamides is 1. The van der Waals surface area contributed by atoms with E-state index in [-0.39, 0.29) is 16.0 Å². The lowest BCUT2D eigenvalue weighted by molar-refractivity contribution is 0.0694. The first-order valence-electron chi connectivity index (χ1n) is 6.44. The fourth-order valence-electron chi connectivity index (χ4n) is 2.12. The van der Waals surface area contributed by atoms with Crippen molar-refractivity contribution in [2.75, 3.05) is 0 Å². The van der Waals surface area contributed by atoms with Crippen LogP contribution in [0, 0.1) is 5.41 Å². The Hall–Kier alpha value is -1.89. The molecule has 1 unspecified atom stereocenters. The second-order valence-electron chi connectivity index (χ2n) is 6.16. The maximum atomic E-state index is 12.6. The van der Waals surface area contributed by atoms with Gasteiger partial charge in [0.1, 0.15) is 4.90 Å². The monoisotopic (exact) mass is 311 g/mol. The second-order valence-corrected chi connectivity index (χ2v) is 7.95. The highest BCUT2D eigenvalue weighted by Gasteiger charge is 2.46. The minimum atomic E-state index is -4.01. The van der Waals surface area contributed by atoms with Crippen molar-refractivity contribution in [3.63, 3.8) is 0 Å². The number of nitrogens with zero attached hydrogens (tertiary/aromatic N) is 1. The highest BCUT2D eigenvalue weighted by Crippen LogP contribution is 2.37. The fraction of sp³-hybridized carbons (Fsp3) is 0.429. The molecule has 1 aliphatic rings. The van der Waals surface area contributed by atoms with Gasteiger partial charge in [-0.2, -0.15) is 0 Å². The zero-order chi connectivity index (χ0) is 16.2. The van der Waals surface area contributed by atoms with Gasteiger partial charge in [0, 0.05) is 0 Å². The van der Waals surface area contributed by atoms with Crippen LogP contribution in [0.5, 0.6) is 0 Å². The van der Waals surface area contributed by atoms with Gasteiger partial charge in [-0.05, 0) is 30.5 Å². The number of rotatable bonds is 2. The number of carboxylic acids is 1. The van der Waals surface area contributed by atoms with Crippen molar-refractivity contribution in [2.45, 2.75) is 38.6 Å². The van der Waals surface area contributed by atoms with E-state index < -0.39 is 33.4 Å². The number of fused-ring (bicyclic) bond motifs is 1. The molecule has 0 radical (unpaired) electrons. The summed E-state index contributed by atoms with van der Waals surface area (Å²) in [6.07, 6.45) is 0. The average Bonchev–Trinajstić information content (AvgIpc) is 2.55. The highest BCUT2D eigenvalue weighted by molar-refractivity contribution is 7.90. The van der Waals surface area contributed by atoms with Gasteiger partial charge >= 0.3 is 5.97 Å². The van der Waals surface area contributed by atoms with Gasteiger partial charge in [0.25, 0.3) is 15.9 Å². The van der Waals surface area contributed by atoms with Crippen LogP contribution < -0.4 is 0 Å². The van der Waals surface area contributed by atoms with Crippen LogP contribution in [0.3, 0.4) is 0 Å². The summed E-state index contributed by atoms with van der Waals surface area (Å²) in [7, 11) is -4.01. The van der Waals surface area contributed by atoms with Gasteiger partial charge in [-0.15, -0.1) is 0 Å². The summed E-state index contributed by atoms with van der Waals surface area (Å²) in [5, 5.41) is 8.96. The molecule has 0 bridgehead atoms. The molecule has 0 saturated carbocycles. The van der Waals surface area contributed by atoms with E-state index in [0.717, 1.165) is 10.4 Å². The Balaban J connectivity index is 2.63. The maximum Gasteiger partial charge on any atom is 0.335 e. The molecule has 1 heterocycles. The number of benzene rings is 1. The SMILES string of the molecule is CC(N1C(=O)c2ccc(C(=O)O)cc2S1(=O)=O)C(C)(C)C. The van der Waals surface area contributed by atoms with Crippen LogP contribution in [0.15, 0.2) is 23.1 Å². The Morgan fingerprint density at radius 2 is 1.86 bits per heavy atom. The third kappa shape index (κ3) is 2.31. The predicted molar refractivity (Wildman–Crippen MR) is 75.7 cm³/mol. The van der Waals surface area contributed by atoms with E-state index in [1.165, 1.54) is 12.1 Å². The fourth-order valence-corrected chi connectivity index (χ4v) is 4.09. The number of aromatic carboxylic acids is 1. The largest absolute Gasteiger partial charge is 0.478 e. The van der Waals surface area contributed by atoms with E-state index in [1.807, 2.05) is 20.8 Å². The van der Waals surface area contributed by atoms with Crippen molar-refractivity contribution in [3.8, 4) is 0 Å². The van der Waals surface area contributed by atoms with Crippen molar-refractivity contribution in [1.29, 1.82) is 0 Å². The third-order valence-corrected chi connectivity index (χ3v) is 5.69. The number of hydrogen-bond acceptors (Lipinski definition) is 4. The van der Waals surface area contributed by atoms with Crippen molar-refractivity contribution in [2.24, 2.45) is 5.41 Å². The summed E-state index contributed by atoms with van der Waals surface area (Å²) in [6.45, 7) is 7.18. The molecular formula is C14H17NO5S. The van der Waals surface area contributed by atoms with Crippen molar-refractivity contribution in [3.05, 3.63) is 29.3 Å². The maximum absolute atomic E-state index is 12.6. The molecule has 21 heavy (non-hydrogen) atoms. The third-order valence-electron chi connectivity index (χ3n) is 3.80. The Kier molecular flexibility index (Phi) is 3.36. The number of carbonyl (C=O) groups is 2. The lowest BCUT2D eigenvalue weighted by Gasteiger charge is -2.33. The summed E-state index contributed by atoms with van der Waals surface area (Å²) < 4.78 is 26.0. The molecule has 1 atom stereocenters. The lowest BCUT2D eigenvalue weighted by atomic mass is 9.88. The van der Waals surface area contributed by atoms with Crippen LogP contribution in [-0.4, -0.2) is 35.7 Å². The molecule has 6 nitrogen and oxygen atoms in total. The molecule has 2 rings (SSSR count). The topological polar surface area (TPSA) is 91.8 Å². The Labute approximate surface area is 123 Å². The standard InChI is InChI=1S/C14H17NO5S/c1-8(14(2,3)4)15-12(16)10-6-5-9(13(17)18)7-11(10)21(15,19)20/h5-8H,1-4H3,(H,17,18). The molecular weight excluding hydrogens is 294 g/mol. The van der Waals surface area contributed by atoms with Gasteiger partial charge in [-0.3, -0.25) is 4.79 Å². The molecule has 1 aromatic rings. The minimum absolute atomic E-state index is 0.0242. The summed E-state index contributed by atoms with van der Waals surface area (Å²) in [5.41, 5.74) is -0.563. The first-order chi connectivity index (χ1) is 9.48. The van der Waals surface area contributed by atoms with Crippen molar-refractivity contribution >= 4 is 21.9 Å². The quantitative estimate of drug-likeness (QED) is 0.901. The predicted octanol–water partition coefficient (Wildman–Crippen LogP) is 1.96. The Bertz CT molecular complexity index is 730. The van der Waals surface area contributed by atoms with E-state index in [2.05, 4.69) is 0 Å². The van der Waals surface area contributed by atoms with E-state index in [9.17, 15) is 18.0 Å². The molecule has 0 aromatic heterocycles. The number of carbonyl (C=O) groups excluding carboxylic acids is 1. The number of hydrogen-bond donors (Lipinski definition) is 1. The first-order valence-corrected chi connectivity index (χ1v) is 7.88. The van der Waals surface area contributed by atoms with Gasteiger partial charge < -0.3 is 5.11 Å². The van der Waals surface area contributed by atoms with Gasteiger partial charge in [0.05, 0.1) is 17.2 Å². The van der Waals surface area contributed by atoms with Crippen molar-refractivity contribution < 1.29 is 23.1 Å². The normalized spacial score (nSPS) is 18.5. The molecule has 7 heteroatoms. The zero-order valence-electron chi connectivity index (χ0n) is 12.2. The molecule has 0 aliphatic carbocycles. The second kappa shape index (κ2) is 4.56. The van der Waals surface area contributed by atoms with Crippen LogP contribution >= 0.6 is 0 Å². The Morgan fingerprint density at radius 3 is 2.33 bits per heavy atom. The van der Waals surface area contributed by atoms with Gasteiger partial charge in [-0.25, -0.2) is 17.5 Å². The molecule has 0 saturated heterocycles. The summed E-state index contributed by atoms with van der Waals surface area (Å²) in [5.74, 6) is -1.84. The van der Waals surface area contributed by atoms with Crippen LogP contribution in [0.4, 0.5) is 0 Å². The number of amides is 1. The number of carboxylic acid groups (broad SMARTS) is 1. The smallest absolute Gasteiger partial charge is 0.335 e. The van der Waals surface area contributed by atoms with Gasteiger partial charge in [0.2, 0.25) is 0 Å². The summed E-state index contributed by atoms with van der Waals surface area (Å²) in [4.78, 5) is 23.1. The molecule has 1 N–H and O–H groups in total. The van der Waals surface area contributed by atoms with Crippen molar-refractivity contribution in [1.82, 2.24) is 4.31 Å². The van der Waals surface area contributed by atoms with Gasteiger partial charge in [0.15, 0.2) is 0 Å². The van der Waals surface area contributed by atoms with Crippen LogP contribution in [0.2, 0.25) is 0 Å². The minimum Gasteiger partial charge on any atom is -0.478 e. The van der Waals surface area contributed by atoms with E-state index in [4.69, 9.17) is 5.11 Å². The average molecular weight is 311 g/mol. The molecule has 0 spiro atoms. The molecule has 0 fully saturated rings. The van der Waals surface area contributed by atoms with Gasteiger partial charge in [-0.1, -0.05) is 20.8 Å². The van der Waals surface area contributed by atoms with Crippen LogP contribution in [0.25, 0.3) is 0 Å². The van der Waals surface area contributed by atoms with Crippen LogP contribution in [-0.2, 0) is 10.0 Å². The first kappa shape index (κ1) is 15.5. The molecule has 114 valence electrons. The lowest BCUT2D eigenvalue weighted by Crippen LogP contribution is -2.45. The Morgan fingerprint density at radius 1 is 1.29 bits per heavy atom. The molecule has 1 amide bonds. The summed E-state index contributed by atoms with van der Waals surface area (Å²) >= 11 is 0.